The number of aromatic nitrogens is 1. The van der Waals surface area contributed by atoms with Crippen molar-refractivity contribution in [2.24, 2.45) is 0 Å². The SMILES string of the molecule is O=C(O)C=Cc1cccc(NC(=O)Cc2ccccc2)n1. The van der Waals surface area contributed by atoms with Gasteiger partial charge in [-0.15, -0.1) is 0 Å². The molecule has 0 saturated carbocycles. The molecule has 2 N–H and O–H groups in total. The highest BCUT2D eigenvalue weighted by atomic mass is 16.4. The van der Waals surface area contributed by atoms with Crippen LogP contribution in [0.25, 0.3) is 6.08 Å². The second-order valence-electron chi connectivity index (χ2n) is 4.33. The Kier molecular flexibility index (Phi) is 4.82. The number of amides is 1. The van der Waals surface area contributed by atoms with Gasteiger partial charge in [-0.2, -0.15) is 0 Å². The van der Waals surface area contributed by atoms with Gasteiger partial charge in [0.25, 0.3) is 0 Å². The Morgan fingerprint density at radius 3 is 2.57 bits per heavy atom. The Hall–Kier alpha value is -2.95. The van der Waals surface area contributed by atoms with E-state index in [1.165, 1.54) is 6.08 Å². The molecule has 0 radical (unpaired) electrons. The minimum atomic E-state index is -1.05. The topological polar surface area (TPSA) is 79.3 Å². The minimum absolute atomic E-state index is 0.173. The van der Waals surface area contributed by atoms with Crippen LogP contribution in [0.5, 0.6) is 0 Å². The normalized spacial score (nSPS) is 10.5. The molecule has 1 aromatic carbocycles. The van der Waals surface area contributed by atoms with E-state index >= 15 is 0 Å². The Labute approximate surface area is 122 Å². The fraction of sp³-hybridized carbons (Fsp3) is 0.0625. The molecule has 0 unspecified atom stereocenters. The minimum Gasteiger partial charge on any atom is -0.478 e. The molecular weight excluding hydrogens is 268 g/mol. The lowest BCUT2D eigenvalue weighted by molar-refractivity contribution is -0.131. The van der Waals surface area contributed by atoms with E-state index in [4.69, 9.17) is 5.11 Å². The number of benzene rings is 1. The Morgan fingerprint density at radius 2 is 1.86 bits per heavy atom. The van der Waals surface area contributed by atoms with Gasteiger partial charge in [-0.25, -0.2) is 9.78 Å². The van der Waals surface area contributed by atoms with Gasteiger partial charge in [-0.1, -0.05) is 36.4 Å². The van der Waals surface area contributed by atoms with Crippen molar-refractivity contribution in [1.82, 2.24) is 4.98 Å². The summed E-state index contributed by atoms with van der Waals surface area (Å²) < 4.78 is 0. The molecular formula is C16H14N2O3. The molecule has 0 spiro atoms. The first-order valence-electron chi connectivity index (χ1n) is 6.35. The molecule has 2 aromatic rings. The smallest absolute Gasteiger partial charge is 0.328 e. The zero-order chi connectivity index (χ0) is 15.1. The lowest BCUT2D eigenvalue weighted by atomic mass is 10.1. The summed E-state index contributed by atoms with van der Waals surface area (Å²) in [7, 11) is 0. The summed E-state index contributed by atoms with van der Waals surface area (Å²) in [6.45, 7) is 0. The number of carbonyl (C=O) groups excluding carboxylic acids is 1. The van der Waals surface area contributed by atoms with E-state index in [0.717, 1.165) is 11.6 Å². The zero-order valence-corrected chi connectivity index (χ0v) is 11.2. The fourth-order valence-corrected chi connectivity index (χ4v) is 1.74. The molecule has 1 heterocycles. The summed E-state index contributed by atoms with van der Waals surface area (Å²) in [4.78, 5) is 26.5. The molecule has 5 heteroatoms. The van der Waals surface area contributed by atoms with Gasteiger partial charge in [0.05, 0.1) is 12.1 Å². The molecule has 2 rings (SSSR count). The quantitative estimate of drug-likeness (QED) is 0.825. The van der Waals surface area contributed by atoms with Crippen LogP contribution in [-0.4, -0.2) is 22.0 Å². The van der Waals surface area contributed by atoms with Gasteiger partial charge in [0.2, 0.25) is 5.91 Å². The van der Waals surface area contributed by atoms with Crippen LogP contribution in [0.4, 0.5) is 5.82 Å². The predicted molar refractivity (Wildman–Crippen MR) is 79.7 cm³/mol. The molecule has 0 saturated heterocycles. The first-order chi connectivity index (χ1) is 10.1. The molecule has 5 nitrogen and oxygen atoms in total. The Bertz CT molecular complexity index is 666. The number of rotatable bonds is 5. The Morgan fingerprint density at radius 1 is 1.10 bits per heavy atom. The highest BCUT2D eigenvalue weighted by Crippen LogP contribution is 2.08. The largest absolute Gasteiger partial charge is 0.478 e. The first kappa shape index (κ1) is 14.5. The number of hydrogen-bond acceptors (Lipinski definition) is 3. The molecule has 1 amide bonds. The monoisotopic (exact) mass is 282 g/mol. The average Bonchev–Trinajstić information content (AvgIpc) is 2.46. The average molecular weight is 282 g/mol. The summed E-state index contributed by atoms with van der Waals surface area (Å²) in [5, 5.41) is 11.3. The van der Waals surface area contributed by atoms with Crippen molar-refractivity contribution in [3.63, 3.8) is 0 Å². The summed E-state index contributed by atoms with van der Waals surface area (Å²) >= 11 is 0. The number of nitrogens with one attached hydrogen (secondary N) is 1. The molecule has 0 aliphatic heterocycles. The summed E-state index contributed by atoms with van der Waals surface area (Å²) in [5.74, 6) is -0.827. The maximum atomic E-state index is 11.9. The molecule has 21 heavy (non-hydrogen) atoms. The third kappa shape index (κ3) is 4.91. The summed E-state index contributed by atoms with van der Waals surface area (Å²) in [6, 6.07) is 14.4. The molecule has 0 atom stereocenters. The molecule has 1 aromatic heterocycles. The van der Waals surface area contributed by atoms with Crippen molar-refractivity contribution >= 4 is 23.8 Å². The van der Waals surface area contributed by atoms with Crippen molar-refractivity contribution < 1.29 is 14.7 Å². The Balaban J connectivity index is 2.01. The van der Waals surface area contributed by atoms with Crippen LogP contribution in [0, 0.1) is 0 Å². The van der Waals surface area contributed by atoms with Crippen molar-refractivity contribution in [2.45, 2.75) is 6.42 Å². The van der Waals surface area contributed by atoms with Gasteiger partial charge < -0.3 is 10.4 Å². The van der Waals surface area contributed by atoms with Crippen LogP contribution in [0.2, 0.25) is 0 Å². The number of anilines is 1. The molecule has 106 valence electrons. The van der Waals surface area contributed by atoms with Gasteiger partial charge >= 0.3 is 5.97 Å². The van der Waals surface area contributed by atoms with Gasteiger partial charge in [0, 0.05) is 6.08 Å². The molecule has 0 aliphatic rings. The third-order valence-corrected chi connectivity index (χ3v) is 2.64. The van der Waals surface area contributed by atoms with E-state index in [1.807, 2.05) is 30.3 Å². The molecule has 0 bridgehead atoms. The molecule has 0 aliphatic carbocycles. The number of carbonyl (C=O) groups is 2. The lowest BCUT2D eigenvalue weighted by Gasteiger charge is -2.05. The van der Waals surface area contributed by atoms with Crippen LogP contribution in [0.3, 0.4) is 0 Å². The summed E-state index contributed by atoms with van der Waals surface area (Å²) in [6.07, 6.45) is 2.63. The maximum absolute atomic E-state index is 11.9. The fourth-order valence-electron chi connectivity index (χ4n) is 1.74. The second-order valence-corrected chi connectivity index (χ2v) is 4.33. The highest BCUT2D eigenvalue weighted by molar-refractivity contribution is 5.91. The predicted octanol–water partition coefficient (Wildman–Crippen LogP) is 2.36. The van der Waals surface area contributed by atoms with Crippen molar-refractivity contribution in [2.75, 3.05) is 5.32 Å². The van der Waals surface area contributed by atoms with Crippen molar-refractivity contribution in [3.8, 4) is 0 Å². The van der Waals surface area contributed by atoms with E-state index in [-0.39, 0.29) is 12.3 Å². The van der Waals surface area contributed by atoms with Gasteiger partial charge in [-0.05, 0) is 23.8 Å². The third-order valence-electron chi connectivity index (χ3n) is 2.64. The van der Waals surface area contributed by atoms with Crippen LogP contribution >= 0.6 is 0 Å². The number of hydrogen-bond donors (Lipinski definition) is 2. The lowest BCUT2D eigenvalue weighted by Crippen LogP contribution is -2.15. The van der Waals surface area contributed by atoms with Crippen molar-refractivity contribution in [3.05, 3.63) is 65.9 Å². The molecule has 0 fully saturated rings. The van der Waals surface area contributed by atoms with Crippen LogP contribution in [0.15, 0.2) is 54.6 Å². The number of aliphatic carboxylic acids is 1. The highest BCUT2D eigenvalue weighted by Gasteiger charge is 2.04. The number of carboxylic acid groups (broad SMARTS) is 1. The van der Waals surface area contributed by atoms with Crippen molar-refractivity contribution in [1.29, 1.82) is 0 Å². The first-order valence-corrected chi connectivity index (χ1v) is 6.35. The van der Waals surface area contributed by atoms with Gasteiger partial charge in [0.1, 0.15) is 5.82 Å². The van der Waals surface area contributed by atoms with Gasteiger partial charge in [-0.3, -0.25) is 4.79 Å². The van der Waals surface area contributed by atoms with E-state index in [1.54, 1.807) is 18.2 Å². The second kappa shape index (κ2) is 7.00. The maximum Gasteiger partial charge on any atom is 0.328 e. The van der Waals surface area contributed by atoms with E-state index in [0.29, 0.717) is 11.5 Å². The number of carboxylic acids is 1. The van der Waals surface area contributed by atoms with Crippen LogP contribution < -0.4 is 5.32 Å². The van der Waals surface area contributed by atoms with Crippen LogP contribution in [-0.2, 0) is 16.0 Å². The number of pyridine rings is 1. The standard InChI is InChI=1S/C16H14N2O3/c19-15(11-12-5-2-1-3-6-12)18-14-8-4-7-13(17-14)9-10-16(20)21/h1-10H,11H2,(H,20,21)(H,17,18,19). The number of nitrogens with zero attached hydrogens (tertiary/aromatic N) is 1. The van der Waals surface area contributed by atoms with Crippen LogP contribution in [0.1, 0.15) is 11.3 Å². The van der Waals surface area contributed by atoms with Gasteiger partial charge in [0.15, 0.2) is 0 Å². The van der Waals surface area contributed by atoms with E-state index in [2.05, 4.69) is 10.3 Å². The zero-order valence-electron chi connectivity index (χ0n) is 11.2. The summed E-state index contributed by atoms with van der Waals surface area (Å²) in [5.41, 5.74) is 1.38. The van der Waals surface area contributed by atoms with E-state index < -0.39 is 5.97 Å². The van der Waals surface area contributed by atoms with E-state index in [9.17, 15) is 9.59 Å².